The monoisotopic (exact) mass is 440 g/mol. The van der Waals surface area contributed by atoms with E-state index in [0.717, 1.165) is 23.3 Å². The summed E-state index contributed by atoms with van der Waals surface area (Å²) in [5.41, 5.74) is 0.367. The number of hydrogen-bond donors (Lipinski definition) is 0. The molecule has 0 aliphatic carbocycles. The molecule has 0 N–H and O–H groups in total. The molecule has 1 aliphatic rings. The molecular weight excluding hydrogens is 421 g/mol. The quantitative estimate of drug-likeness (QED) is 0.537. The van der Waals surface area contributed by atoms with Gasteiger partial charge in [0.05, 0.1) is 23.1 Å². The third-order valence-electron chi connectivity index (χ3n) is 5.09. The first kappa shape index (κ1) is 21.5. The molecule has 2 aromatic carbocycles. The average molecular weight is 440 g/mol. The van der Waals surface area contributed by atoms with Gasteiger partial charge in [-0.2, -0.15) is 13.2 Å². The Hall–Kier alpha value is -3.73. The number of allylic oxidation sites excluding steroid dienone is 1. The first-order valence-corrected chi connectivity index (χ1v) is 9.97. The van der Waals surface area contributed by atoms with Gasteiger partial charge in [0.2, 0.25) is 0 Å². The van der Waals surface area contributed by atoms with Crippen molar-refractivity contribution >= 4 is 22.6 Å². The molecule has 8 heteroatoms. The van der Waals surface area contributed by atoms with E-state index in [1.54, 1.807) is 12.1 Å². The van der Waals surface area contributed by atoms with E-state index >= 15 is 0 Å². The van der Waals surface area contributed by atoms with Crippen LogP contribution in [0.2, 0.25) is 0 Å². The Labute approximate surface area is 182 Å². The zero-order chi connectivity index (χ0) is 22.9. The highest BCUT2D eigenvalue weighted by molar-refractivity contribution is 5.85. The highest BCUT2D eigenvalue weighted by Gasteiger charge is 2.31. The molecule has 0 radical (unpaired) electrons. The molecular formula is C24H19F3N2O3. The molecule has 0 unspecified atom stereocenters. The summed E-state index contributed by atoms with van der Waals surface area (Å²) in [7, 11) is 0. The van der Waals surface area contributed by atoms with E-state index in [9.17, 15) is 18.0 Å². The smallest absolute Gasteiger partial charge is 0.416 e. The van der Waals surface area contributed by atoms with Crippen LogP contribution in [0, 0.1) is 12.3 Å². The van der Waals surface area contributed by atoms with E-state index in [4.69, 9.17) is 15.9 Å². The Morgan fingerprint density at radius 1 is 1.19 bits per heavy atom. The van der Waals surface area contributed by atoms with Gasteiger partial charge in [-0.05, 0) is 60.9 Å². The third-order valence-corrected chi connectivity index (χ3v) is 5.09. The Morgan fingerprint density at radius 2 is 2.00 bits per heavy atom. The van der Waals surface area contributed by atoms with E-state index in [1.807, 2.05) is 19.1 Å². The summed E-state index contributed by atoms with van der Waals surface area (Å²) in [5.74, 6) is 3.80. The number of alkyl halides is 3. The van der Waals surface area contributed by atoms with Crippen molar-refractivity contribution in [3.63, 3.8) is 0 Å². The lowest BCUT2D eigenvalue weighted by atomic mass is 10.1. The van der Waals surface area contributed by atoms with E-state index < -0.39 is 11.7 Å². The van der Waals surface area contributed by atoms with Crippen molar-refractivity contribution in [3.05, 3.63) is 63.7 Å². The van der Waals surface area contributed by atoms with Gasteiger partial charge in [-0.1, -0.05) is 12.0 Å². The lowest BCUT2D eigenvalue weighted by molar-refractivity contribution is -0.137. The van der Waals surface area contributed by atoms with Gasteiger partial charge in [-0.25, -0.2) is 4.98 Å². The Balaban J connectivity index is 1.77. The summed E-state index contributed by atoms with van der Waals surface area (Å²) in [4.78, 5) is 17.2. The molecule has 3 aromatic rings. The molecule has 0 bridgehead atoms. The number of hydrogen-bond acceptors (Lipinski definition) is 4. The minimum Gasteiger partial charge on any atom is -0.490 e. The molecule has 1 aliphatic heterocycles. The Kier molecular flexibility index (Phi) is 5.66. The number of halogens is 3. The summed E-state index contributed by atoms with van der Waals surface area (Å²) < 4.78 is 51.9. The molecule has 0 amide bonds. The highest BCUT2D eigenvalue weighted by Crippen LogP contribution is 2.34. The zero-order valence-corrected chi connectivity index (χ0v) is 17.2. The molecule has 1 aromatic heterocycles. The largest absolute Gasteiger partial charge is 0.490 e. The van der Waals surface area contributed by atoms with Crippen molar-refractivity contribution in [3.8, 4) is 23.8 Å². The van der Waals surface area contributed by atoms with Crippen LogP contribution >= 0.6 is 0 Å². The molecule has 0 saturated heterocycles. The average Bonchev–Trinajstić information content (AvgIpc) is 3.15. The first-order valence-electron chi connectivity index (χ1n) is 9.97. The standard InChI is InChI=1S/C24H19F3N2O3/c1-3-11-32-20-8-5-15(13-21(20)31-4-2)12-16-9-10-29-22(16)28-19-14-17(24(25,26)27)6-7-18(19)23(29)30/h1,5-8,12-14H,4,9-11H2,2H3/b16-12+. The van der Waals surface area contributed by atoms with Crippen LogP contribution in [-0.2, 0) is 12.7 Å². The second kappa shape index (κ2) is 8.42. The van der Waals surface area contributed by atoms with E-state index in [2.05, 4.69) is 10.9 Å². The first-order chi connectivity index (χ1) is 15.3. The van der Waals surface area contributed by atoms with Gasteiger partial charge in [-0.3, -0.25) is 9.36 Å². The van der Waals surface area contributed by atoms with Gasteiger partial charge in [0, 0.05) is 6.54 Å². The molecule has 0 fully saturated rings. The van der Waals surface area contributed by atoms with Crippen molar-refractivity contribution < 1.29 is 22.6 Å². The van der Waals surface area contributed by atoms with Crippen LogP contribution in [0.15, 0.2) is 41.2 Å². The number of rotatable bonds is 5. The fraction of sp³-hybridized carbons (Fsp3) is 0.250. The van der Waals surface area contributed by atoms with Crippen LogP contribution < -0.4 is 15.0 Å². The fourth-order valence-electron chi connectivity index (χ4n) is 3.65. The summed E-state index contributed by atoms with van der Waals surface area (Å²) >= 11 is 0. The molecule has 0 saturated carbocycles. The van der Waals surface area contributed by atoms with Gasteiger partial charge in [0.15, 0.2) is 11.5 Å². The van der Waals surface area contributed by atoms with Crippen molar-refractivity contribution in [2.24, 2.45) is 0 Å². The van der Waals surface area contributed by atoms with E-state index in [-0.39, 0.29) is 23.1 Å². The molecule has 0 atom stereocenters. The van der Waals surface area contributed by atoms with Crippen LogP contribution in [0.1, 0.15) is 30.3 Å². The molecule has 32 heavy (non-hydrogen) atoms. The number of ether oxygens (including phenoxy) is 2. The number of nitrogens with zero attached hydrogens (tertiary/aromatic N) is 2. The molecule has 2 heterocycles. The third kappa shape index (κ3) is 4.06. The van der Waals surface area contributed by atoms with Gasteiger partial charge in [0.1, 0.15) is 12.4 Å². The van der Waals surface area contributed by atoms with E-state index in [0.29, 0.717) is 36.9 Å². The van der Waals surface area contributed by atoms with Crippen molar-refractivity contribution in [1.82, 2.24) is 9.55 Å². The molecule has 5 nitrogen and oxygen atoms in total. The van der Waals surface area contributed by atoms with Gasteiger partial charge >= 0.3 is 6.18 Å². The molecule has 4 rings (SSSR count). The SMILES string of the molecule is C#CCOc1ccc(/C=C2\CCn3c2nc2cc(C(F)(F)F)ccc2c3=O)cc1OCC. The van der Waals surface area contributed by atoms with Gasteiger partial charge < -0.3 is 9.47 Å². The maximum atomic E-state index is 13.1. The van der Waals surface area contributed by atoms with Crippen LogP contribution in [-0.4, -0.2) is 22.8 Å². The zero-order valence-electron chi connectivity index (χ0n) is 17.2. The summed E-state index contributed by atoms with van der Waals surface area (Å²) in [6.45, 7) is 2.79. The Bertz CT molecular complexity index is 1320. The normalized spacial score (nSPS) is 14.4. The predicted octanol–water partition coefficient (Wildman–Crippen LogP) is 4.77. The van der Waals surface area contributed by atoms with Crippen LogP contribution in [0.25, 0.3) is 22.6 Å². The van der Waals surface area contributed by atoms with Crippen molar-refractivity contribution in [2.45, 2.75) is 26.1 Å². The summed E-state index contributed by atoms with van der Waals surface area (Å²) in [6, 6.07) is 8.34. The number of benzene rings is 2. The van der Waals surface area contributed by atoms with Crippen LogP contribution in [0.3, 0.4) is 0 Å². The predicted molar refractivity (Wildman–Crippen MR) is 115 cm³/mol. The lowest BCUT2D eigenvalue weighted by Crippen LogP contribution is -2.21. The topological polar surface area (TPSA) is 53.4 Å². The minimum absolute atomic E-state index is 0.0249. The van der Waals surface area contributed by atoms with Crippen LogP contribution in [0.4, 0.5) is 13.2 Å². The maximum absolute atomic E-state index is 13.1. The Morgan fingerprint density at radius 3 is 2.72 bits per heavy atom. The minimum atomic E-state index is -4.51. The van der Waals surface area contributed by atoms with Gasteiger partial charge in [0.25, 0.3) is 5.56 Å². The van der Waals surface area contributed by atoms with E-state index in [1.165, 1.54) is 10.6 Å². The van der Waals surface area contributed by atoms with Crippen molar-refractivity contribution in [2.75, 3.05) is 13.2 Å². The molecule has 0 spiro atoms. The molecule has 164 valence electrons. The van der Waals surface area contributed by atoms with Crippen LogP contribution in [0.5, 0.6) is 11.5 Å². The lowest BCUT2D eigenvalue weighted by Gasteiger charge is -2.11. The maximum Gasteiger partial charge on any atom is 0.416 e. The second-order valence-corrected chi connectivity index (χ2v) is 7.17. The fourth-order valence-corrected chi connectivity index (χ4v) is 3.65. The highest BCUT2D eigenvalue weighted by atomic mass is 19.4. The number of terminal acetylenes is 1. The van der Waals surface area contributed by atoms with Crippen molar-refractivity contribution in [1.29, 1.82) is 0 Å². The van der Waals surface area contributed by atoms with Gasteiger partial charge in [-0.15, -0.1) is 6.42 Å². The summed E-state index contributed by atoms with van der Waals surface area (Å²) in [6.07, 6.45) is 3.11. The second-order valence-electron chi connectivity index (χ2n) is 7.17. The number of fused-ring (bicyclic) bond motifs is 2. The summed E-state index contributed by atoms with van der Waals surface area (Å²) in [5, 5.41) is 0.164. The number of aromatic nitrogens is 2.